The van der Waals surface area contributed by atoms with Gasteiger partial charge in [-0.3, -0.25) is 0 Å². The van der Waals surface area contributed by atoms with E-state index in [4.69, 9.17) is 9.47 Å². The van der Waals surface area contributed by atoms with Gasteiger partial charge in [-0.05, 0) is 12.8 Å². The molecule has 0 radical (unpaired) electrons. The summed E-state index contributed by atoms with van der Waals surface area (Å²) in [7, 11) is 0. The van der Waals surface area contributed by atoms with E-state index in [1.807, 2.05) is 0 Å². The van der Waals surface area contributed by atoms with Gasteiger partial charge < -0.3 is 9.47 Å². The van der Waals surface area contributed by atoms with Crippen molar-refractivity contribution in [3.8, 4) is 0 Å². The van der Waals surface area contributed by atoms with Crippen molar-refractivity contribution in [1.29, 1.82) is 0 Å². The molecule has 8 nitrogen and oxygen atoms in total. The third-order valence-electron chi connectivity index (χ3n) is 2.37. The molecular formula is C12H13N4O4+. The van der Waals surface area contributed by atoms with E-state index in [0.717, 1.165) is 0 Å². The molecule has 0 spiro atoms. The summed E-state index contributed by atoms with van der Waals surface area (Å²) in [5, 5.41) is 0. The molecule has 0 fully saturated rings. The minimum Gasteiger partial charge on any atom is -0.449 e. The number of rotatable bonds is 5. The molecule has 0 saturated carbocycles. The molecular weight excluding hydrogens is 264 g/mol. The zero-order chi connectivity index (χ0) is 14.2. The highest BCUT2D eigenvalue weighted by atomic mass is 16.6. The van der Waals surface area contributed by atoms with Crippen LogP contribution in [0, 0.1) is 6.20 Å². The summed E-state index contributed by atoms with van der Waals surface area (Å²) in [6.07, 6.45) is 9.78. The Morgan fingerprint density at radius 2 is 1.90 bits per heavy atom. The van der Waals surface area contributed by atoms with Crippen molar-refractivity contribution < 1.29 is 19.1 Å². The smallest absolute Gasteiger partial charge is 0.439 e. The Hall–Kier alpha value is -2.73. The molecule has 2 heterocycles. The molecule has 0 N–H and O–H groups in total. The van der Waals surface area contributed by atoms with Crippen LogP contribution in [0.3, 0.4) is 0 Å². The van der Waals surface area contributed by atoms with Gasteiger partial charge in [0.1, 0.15) is 6.33 Å². The number of ether oxygens (including phenoxy) is 2. The maximum atomic E-state index is 11.4. The lowest BCUT2D eigenvalue weighted by Crippen LogP contribution is -2.23. The van der Waals surface area contributed by atoms with E-state index >= 15 is 0 Å². The summed E-state index contributed by atoms with van der Waals surface area (Å²) in [5.41, 5.74) is 0. The van der Waals surface area contributed by atoms with Gasteiger partial charge in [0.25, 0.3) is 6.34 Å². The summed E-state index contributed by atoms with van der Waals surface area (Å²) < 4.78 is 11.2. The summed E-state index contributed by atoms with van der Waals surface area (Å²) in [4.78, 5) is 31.3. The van der Waals surface area contributed by atoms with Gasteiger partial charge >= 0.3 is 12.2 Å². The van der Waals surface area contributed by atoms with E-state index in [-0.39, 0.29) is 13.2 Å². The number of aromatic nitrogens is 2. The molecule has 1 aromatic heterocycles. The van der Waals surface area contributed by atoms with E-state index < -0.39 is 12.2 Å². The minimum absolute atomic E-state index is 0.250. The molecule has 0 unspecified atom stereocenters. The van der Waals surface area contributed by atoms with Gasteiger partial charge in [-0.15, -0.1) is 4.90 Å². The normalized spacial score (nSPS) is 12.3. The second kappa shape index (κ2) is 7.01. The summed E-state index contributed by atoms with van der Waals surface area (Å²) in [6.45, 7) is 0.507. The van der Waals surface area contributed by atoms with Crippen molar-refractivity contribution in [2.24, 2.45) is 4.99 Å². The number of amides is 1. The van der Waals surface area contributed by atoms with Crippen molar-refractivity contribution in [3.63, 3.8) is 0 Å². The number of hydrogen-bond acceptors (Lipinski definition) is 6. The van der Waals surface area contributed by atoms with E-state index in [1.165, 1.54) is 40.7 Å². The van der Waals surface area contributed by atoms with Gasteiger partial charge in [0.2, 0.25) is 12.4 Å². The number of hydrogen-bond donors (Lipinski definition) is 0. The van der Waals surface area contributed by atoms with Gasteiger partial charge in [0.15, 0.2) is 0 Å². The fourth-order valence-electron chi connectivity index (χ4n) is 1.36. The lowest BCUT2D eigenvalue weighted by atomic mass is 10.3. The maximum absolute atomic E-state index is 11.4. The monoisotopic (exact) mass is 277 g/mol. The average Bonchev–Trinajstić information content (AvgIpc) is 3.14. The number of imidazole rings is 1. The molecule has 2 rings (SSSR count). The second-order valence-electron chi connectivity index (χ2n) is 3.82. The van der Waals surface area contributed by atoms with E-state index in [2.05, 4.69) is 16.2 Å². The molecule has 1 aliphatic heterocycles. The third-order valence-corrected chi connectivity index (χ3v) is 2.37. The van der Waals surface area contributed by atoms with Crippen molar-refractivity contribution in [1.82, 2.24) is 14.5 Å². The molecule has 0 saturated heterocycles. The average molecular weight is 277 g/mol. The first-order valence-corrected chi connectivity index (χ1v) is 5.99. The van der Waals surface area contributed by atoms with Crippen LogP contribution in [0.2, 0.25) is 0 Å². The van der Waals surface area contributed by atoms with Crippen LogP contribution in [0.1, 0.15) is 12.8 Å². The number of nitrogens with zero attached hydrogens (tertiary/aromatic N) is 4. The van der Waals surface area contributed by atoms with Crippen molar-refractivity contribution in [2.75, 3.05) is 13.2 Å². The SMILES string of the molecule is O=C(OCCCCOC(=O)n1ccnc1)N1C=[C+]N=C1. The van der Waals surface area contributed by atoms with Crippen LogP contribution in [0.5, 0.6) is 0 Å². The zero-order valence-electron chi connectivity index (χ0n) is 10.6. The van der Waals surface area contributed by atoms with E-state index in [0.29, 0.717) is 12.8 Å². The Morgan fingerprint density at radius 3 is 2.50 bits per heavy atom. The molecule has 20 heavy (non-hydrogen) atoms. The van der Waals surface area contributed by atoms with Crippen LogP contribution in [-0.4, -0.2) is 46.2 Å². The fourth-order valence-corrected chi connectivity index (χ4v) is 1.36. The number of carbonyl (C=O) groups is 2. The molecule has 0 aromatic carbocycles. The quantitative estimate of drug-likeness (QED) is 0.600. The van der Waals surface area contributed by atoms with Crippen LogP contribution in [0.15, 0.2) is 29.9 Å². The fraction of sp³-hybridized carbons (Fsp3) is 0.333. The first kappa shape index (κ1) is 13.7. The number of carbonyl (C=O) groups excluding carboxylic acids is 2. The Bertz CT molecular complexity index is 498. The van der Waals surface area contributed by atoms with Gasteiger partial charge in [0.05, 0.1) is 13.2 Å². The standard InChI is InChI=1S/C12H13N4O4/c17-11(15-5-3-13-9-15)19-7-1-2-8-20-12(18)16-6-4-14-10-16/h3,5-6,9-10H,1-2,7-8H2/q+1. The van der Waals surface area contributed by atoms with Crippen LogP contribution >= 0.6 is 0 Å². The topological polar surface area (TPSA) is 86.0 Å². The van der Waals surface area contributed by atoms with Crippen LogP contribution in [0.25, 0.3) is 0 Å². The van der Waals surface area contributed by atoms with E-state index in [1.54, 1.807) is 0 Å². The van der Waals surface area contributed by atoms with Crippen molar-refractivity contribution in [3.05, 3.63) is 31.1 Å². The van der Waals surface area contributed by atoms with Crippen LogP contribution in [-0.2, 0) is 9.47 Å². The highest BCUT2D eigenvalue weighted by Crippen LogP contribution is 2.00. The molecule has 1 amide bonds. The van der Waals surface area contributed by atoms with Gasteiger partial charge in [-0.1, -0.05) is 0 Å². The molecule has 0 aliphatic carbocycles. The third kappa shape index (κ3) is 3.89. The van der Waals surface area contributed by atoms with Gasteiger partial charge in [-0.25, -0.2) is 19.1 Å². The first-order valence-electron chi connectivity index (χ1n) is 5.99. The molecule has 1 aromatic rings. The Labute approximate surface area is 115 Å². The van der Waals surface area contributed by atoms with Crippen LogP contribution in [0.4, 0.5) is 9.59 Å². The predicted molar refractivity (Wildman–Crippen MR) is 67.7 cm³/mol. The molecule has 104 valence electrons. The van der Waals surface area contributed by atoms with Crippen molar-refractivity contribution in [2.45, 2.75) is 12.8 Å². The van der Waals surface area contributed by atoms with Crippen LogP contribution < -0.4 is 0 Å². The zero-order valence-corrected chi connectivity index (χ0v) is 10.6. The molecule has 8 heteroatoms. The second-order valence-corrected chi connectivity index (χ2v) is 3.82. The van der Waals surface area contributed by atoms with Gasteiger partial charge in [-0.2, -0.15) is 0 Å². The molecule has 0 bridgehead atoms. The van der Waals surface area contributed by atoms with E-state index in [9.17, 15) is 9.59 Å². The molecule has 1 aliphatic rings. The summed E-state index contributed by atoms with van der Waals surface area (Å²) in [6, 6.07) is 0. The predicted octanol–water partition coefficient (Wildman–Crippen LogP) is 1.40. The number of aliphatic imine (C=N–C) groups is 1. The lowest BCUT2D eigenvalue weighted by molar-refractivity contribution is 0.121. The maximum Gasteiger partial charge on any atom is 0.439 e. The lowest BCUT2D eigenvalue weighted by Gasteiger charge is -2.06. The largest absolute Gasteiger partial charge is 0.449 e. The minimum atomic E-state index is -0.505. The van der Waals surface area contributed by atoms with Gasteiger partial charge in [0, 0.05) is 17.4 Å². The number of unbranched alkanes of at least 4 members (excludes halogenated alkanes) is 1. The Morgan fingerprint density at radius 1 is 1.15 bits per heavy atom. The summed E-state index contributed by atoms with van der Waals surface area (Å²) >= 11 is 0. The first-order chi connectivity index (χ1) is 9.77. The Balaban J connectivity index is 1.51. The molecule has 0 atom stereocenters. The highest BCUT2D eigenvalue weighted by Gasteiger charge is 2.20. The van der Waals surface area contributed by atoms with Crippen molar-refractivity contribution >= 4 is 18.5 Å². The Kier molecular flexibility index (Phi) is 4.80. The summed E-state index contributed by atoms with van der Waals surface area (Å²) in [5.74, 6) is 0. The highest BCUT2D eigenvalue weighted by molar-refractivity contribution is 5.84.